The number of ether oxygens (including phenoxy) is 2. The van der Waals surface area contributed by atoms with Crippen LogP contribution in [0.2, 0.25) is 0 Å². The van der Waals surface area contributed by atoms with E-state index in [2.05, 4.69) is 47.4 Å². The predicted octanol–water partition coefficient (Wildman–Crippen LogP) is 4.22. The molecular weight excluding hydrogens is 576 g/mol. The number of nitrogens with two attached hydrogens (primary N) is 1. The Morgan fingerprint density at radius 2 is 1.71 bits per heavy atom. The highest BCUT2D eigenvalue weighted by Gasteiger charge is 2.22. The van der Waals surface area contributed by atoms with E-state index in [-0.39, 0.29) is 28.3 Å². The molecule has 0 unspecified atom stereocenters. The SMILES string of the molecule is CC(C)(C)C(N)=O.COc1c(CCN2CCOCC2)cc(C(C)(C)C)cc1NC(=O)c1ccc(C)c(-n2cc(C(=O)O)nn2)c1. The number of rotatable bonds is 8. The van der Waals surface area contributed by atoms with Crippen LogP contribution < -0.4 is 15.8 Å². The van der Waals surface area contributed by atoms with Crippen LogP contribution in [0.5, 0.6) is 5.75 Å². The lowest BCUT2D eigenvalue weighted by atomic mass is 9.85. The number of aromatic carboxylic acids is 1. The third-order valence-electron chi connectivity index (χ3n) is 7.46. The van der Waals surface area contributed by atoms with E-state index in [4.69, 9.17) is 15.2 Å². The molecule has 0 saturated carbocycles. The minimum atomic E-state index is -1.17. The van der Waals surface area contributed by atoms with Gasteiger partial charge in [-0.3, -0.25) is 14.5 Å². The molecule has 2 heterocycles. The van der Waals surface area contributed by atoms with Crippen LogP contribution in [0.4, 0.5) is 5.69 Å². The second kappa shape index (κ2) is 14.7. The van der Waals surface area contributed by atoms with Crippen molar-refractivity contribution in [1.29, 1.82) is 0 Å². The van der Waals surface area contributed by atoms with E-state index in [0.717, 1.165) is 56.0 Å². The van der Waals surface area contributed by atoms with Gasteiger partial charge in [0.1, 0.15) is 5.75 Å². The Morgan fingerprint density at radius 1 is 1.07 bits per heavy atom. The Morgan fingerprint density at radius 3 is 2.24 bits per heavy atom. The Balaban J connectivity index is 0.000000707. The van der Waals surface area contributed by atoms with E-state index in [0.29, 0.717) is 22.7 Å². The van der Waals surface area contributed by atoms with Crippen molar-refractivity contribution in [2.45, 2.75) is 60.3 Å². The van der Waals surface area contributed by atoms with E-state index in [1.165, 1.54) is 10.9 Å². The van der Waals surface area contributed by atoms with Gasteiger partial charge in [0, 0.05) is 30.6 Å². The maximum Gasteiger partial charge on any atom is 0.358 e. The molecule has 0 bridgehead atoms. The zero-order valence-corrected chi connectivity index (χ0v) is 27.6. The average Bonchev–Trinajstić information content (AvgIpc) is 3.46. The van der Waals surface area contributed by atoms with Crippen molar-refractivity contribution in [1.82, 2.24) is 19.9 Å². The Bertz CT molecular complexity index is 1510. The number of methoxy groups -OCH3 is 1. The van der Waals surface area contributed by atoms with Crippen molar-refractivity contribution in [3.05, 3.63) is 64.5 Å². The molecule has 1 fully saturated rings. The molecule has 0 radical (unpaired) electrons. The second-order valence-electron chi connectivity index (χ2n) is 13.1. The molecular formula is C33H46N6O6. The quantitative estimate of drug-likeness (QED) is 0.334. The van der Waals surface area contributed by atoms with Gasteiger partial charge in [0.15, 0.2) is 5.69 Å². The summed E-state index contributed by atoms with van der Waals surface area (Å²) in [5.41, 5.74) is 8.79. The highest BCUT2D eigenvalue weighted by atomic mass is 16.5. The van der Waals surface area contributed by atoms with Gasteiger partial charge in [0.05, 0.1) is 37.9 Å². The van der Waals surface area contributed by atoms with Gasteiger partial charge in [-0.25, -0.2) is 9.48 Å². The fourth-order valence-electron chi connectivity index (χ4n) is 4.42. The van der Waals surface area contributed by atoms with E-state index in [9.17, 15) is 19.5 Å². The Hall–Kier alpha value is -4.29. The van der Waals surface area contributed by atoms with Gasteiger partial charge >= 0.3 is 5.97 Å². The number of anilines is 1. The largest absolute Gasteiger partial charge is 0.494 e. The van der Waals surface area contributed by atoms with E-state index < -0.39 is 5.97 Å². The summed E-state index contributed by atoms with van der Waals surface area (Å²) in [4.78, 5) is 37.3. The number of carbonyl (C=O) groups excluding carboxylic acids is 2. The molecule has 1 aromatic heterocycles. The molecule has 4 rings (SSSR count). The summed E-state index contributed by atoms with van der Waals surface area (Å²) in [6.07, 6.45) is 2.10. The molecule has 244 valence electrons. The number of amides is 2. The van der Waals surface area contributed by atoms with E-state index >= 15 is 0 Å². The molecule has 0 aliphatic carbocycles. The van der Waals surface area contributed by atoms with Gasteiger partial charge in [-0.1, -0.05) is 58.9 Å². The summed E-state index contributed by atoms with van der Waals surface area (Å²) in [6.45, 7) is 17.8. The topological polar surface area (TPSA) is 162 Å². The monoisotopic (exact) mass is 622 g/mol. The number of carboxylic acid groups (broad SMARTS) is 1. The summed E-state index contributed by atoms with van der Waals surface area (Å²) in [5.74, 6) is -1.09. The van der Waals surface area contributed by atoms with Crippen LogP contribution in [0.15, 0.2) is 36.5 Å². The van der Waals surface area contributed by atoms with Gasteiger partial charge in [0.2, 0.25) is 5.91 Å². The van der Waals surface area contributed by atoms with Gasteiger partial charge < -0.3 is 25.6 Å². The molecule has 3 aromatic rings. The molecule has 4 N–H and O–H groups in total. The van der Waals surface area contributed by atoms with Crippen molar-refractivity contribution < 1.29 is 29.0 Å². The number of carbonyl (C=O) groups is 3. The Labute approximate surface area is 264 Å². The van der Waals surface area contributed by atoms with Crippen molar-refractivity contribution in [2.75, 3.05) is 45.3 Å². The molecule has 12 nitrogen and oxygen atoms in total. The lowest BCUT2D eigenvalue weighted by Gasteiger charge is -2.28. The van der Waals surface area contributed by atoms with Gasteiger partial charge in [-0.05, 0) is 53.6 Å². The molecule has 12 heteroatoms. The average molecular weight is 623 g/mol. The molecule has 1 aliphatic heterocycles. The third-order valence-corrected chi connectivity index (χ3v) is 7.46. The molecule has 1 aliphatic rings. The summed E-state index contributed by atoms with van der Waals surface area (Å²) >= 11 is 0. The van der Waals surface area contributed by atoms with Crippen LogP contribution in [-0.2, 0) is 21.4 Å². The van der Waals surface area contributed by atoms with Gasteiger partial charge in [0.25, 0.3) is 5.91 Å². The fourth-order valence-corrected chi connectivity index (χ4v) is 4.42. The first-order valence-electron chi connectivity index (χ1n) is 14.9. The number of nitrogens with one attached hydrogen (secondary N) is 1. The van der Waals surface area contributed by atoms with Crippen molar-refractivity contribution >= 4 is 23.5 Å². The molecule has 2 aromatic carbocycles. The van der Waals surface area contributed by atoms with Crippen LogP contribution in [0.1, 0.15) is 79.1 Å². The number of hydrogen-bond acceptors (Lipinski definition) is 8. The van der Waals surface area contributed by atoms with Crippen molar-refractivity contribution in [2.24, 2.45) is 11.1 Å². The number of benzene rings is 2. The summed E-state index contributed by atoms with van der Waals surface area (Å²) < 4.78 is 12.7. The summed E-state index contributed by atoms with van der Waals surface area (Å²) in [5, 5.41) is 19.8. The number of carboxylic acids is 1. The number of nitrogens with zero attached hydrogens (tertiary/aromatic N) is 4. The van der Waals surface area contributed by atoms with Crippen LogP contribution in [0.3, 0.4) is 0 Å². The zero-order valence-electron chi connectivity index (χ0n) is 27.6. The lowest BCUT2D eigenvalue weighted by molar-refractivity contribution is -0.125. The highest BCUT2D eigenvalue weighted by molar-refractivity contribution is 6.05. The number of primary amides is 1. The second-order valence-corrected chi connectivity index (χ2v) is 13.1. The maximum atomic E-state index is 13.4. The van der Waals surface area contributed by atoms with E-state index in [1.807, 2.05) is 13.0 Å². The molecule has 1 saturated heterocycles. The lowest BCUT2D eigenvalue weighted by Crippen LogP contribution is -2.37. The number of hydrogen-bond donors (Lipinski definition) is 3. The highest BCUT2D eigenvalue weighted by Crippen LogP contribution is 2.36. The smallest absolute Gasteiger partial charge is 0.358 e. The normalized spacial score (nSPS) is 13.9. The number of aryl methyl sites for hydroxylation is 1. The number of morpholine rings is 1. The van der Waals surface area contributed by atoms with Crippen LogP contribution in [0, 0.1) is 12.3 Å². The fraction of sp³-hybridized carbons (Fsp3) is 0.485. The number of aromatic nitrogens is 3. The predicted molar refractivity (Wildman–Crippen MR) is 172 cm³/mol. The summed E-state index contributed by atoms with van der Waals surface area (Å²) in [6, 6.07) is 9.33. The third kappa shape index (κ3) is 9.60. The van der Waals surface area contributed by atoms with Gasteiger partial charge in [-0.15, -0.1) is 5.10 Å². The Kier molecular flexibility index (Phi) is 11.5. The zero-order chi connectivity index (χ0) is 33.5. The summed E-state index contributed by atoms with van der Waals surface area (Å²) in [7, 11) is 1.62. The first-order chi connectivity index (χ1) is 21.0. The van der Waals surface area contributed by atoms with Crippen LogP contribution in [-0.4, -0.2) is 82.7 Å². The first kappa shape index (κ1) is 35.2. The standard InChI is InChI=1S/C28H35N5O5.C5H11NO/c1-18-6-7-20(15-24(18)33-17-23(27(35)36)30-31-33)26(34)29-22-16-21(28(2,3)4)14-19(25(22)37-5)8-9-32-10-12-38-13-11-32;1-5(2,3)4(6)7/h6-7,14-17H,8-13H2,1-5H3,(H,29,34)(H,35,36);1-3H3,(H2,6,7). The van der Waals surface area contributed by atoms with Crippen molar-refractivity contribution in [3.63, 3.8) is 0 Å². The molecule has 0 atom stereocenters. The van der Waals surface area contributed by atoms with E-state index in [1.54, 1.807) is 46.1 Å². The minimum absolute atomic E-state index is 0.133. The molecule has 0 spiro atoms. The van der Waals surface area contributed by atoms with Crippen LogP contribution >= 0.6 is 0 Å². The van der Waals surface area contributed by atoms with Gasteiger partial charge in [-0.2, -0.15) is 0 Å². The minimum Gasteiger partial charge on any atom is -0.494 e. The molecule has 45 heavy (non-hydrogen) atoms. The molecule has 2 amide bonds. The maximum absolute atomic E-state index is 13.4. The van der Waals surface area contributed by atoms with Crippen molar-refractivity contribution in [3.8, 4) is 11.4 Å². The van der Waals surface area contributed by atoms with Crippen LogP contribution in [0.25, 0.3) is 5.69 Å². The first-order valence-corrected chi connectivity index (χ1v) is 14.9.